The first-order valence-corrected chi connectivity index (χ1v) is 3.43. The molecule has 0 rings (SSSR count). The molecule has 0 unspecified atom stereocenters. The molecular weight excluding hydrogens is 260 g/mol. The molecule has 0 saturated heterocycles. The Bertz CT molecular complexity index is 300. The molecule has 0 amide bonds. The fourth-order valence-electron chi connectivity index (χ4n) is 0.421. The second-order valence-electron chi connectivity index (χ2n) is 2.13. The number of allylic oxidation sites excluding steroid dienone is 3. The summed E-state index contributed by atoms with van der Waals surface area (Å²) in [5.41, 5.74) is 0. The van der Waals surface area contributed by atoms with Gasteiger partial charge >= 0.3 is 12.3 Å². The van der Waals surface area contributed by atoms with Gasteiger partial charge in [-0.2, -0.15) is 17.6 Å². The van der Waals surface area contributed by atoms with Crippen LogP contribution in [0, 0.1) is 0 Å². The lowest BCUT2D eigenvalue weighted by Gasteiger charge is -2.12. The van der Waals surface area contributed by atoms with Crippen molar-refractivity contribution in [3.63, 3.8) is 0 Å². The van der Waals surface area contributed by atoms with Gasteiger partial charge < -0.3 is 0 Å². The summed E-state index contributed by atoms with van der Waals surface area (Å²) in [6.45, 7) is 0. The molecule has 0 aliphatic rings. The van der Waals surface area contributed by atoms with E-state index >= 15 is 0 Å². The largest absolute Gasteiger partial charge is 0.361 e. The third-order valence-corrected chi connectivity index (χ3v) is 1.28. The van der Waals surface area contributed by atoms with Gasteiger partial charge in [0.05, 0.1) is 0 Å². The van der Waals surface area contributed by atoms with E-state index in [-0.39, 0.29) is 0 Å². The maximum atomic E-state index is 12.2. The first kappa shape index (κ1) is 14.2. The lowest BCUT2D eigenvalue weighted by Crippen LogP contribution is -2.28. The van der Waals surface area contributed by atoms with E-state index in [1.54, 1.807) is 0 Å². The van der Waals surface area contributed by atoms with Crippen molar-refractivity contribution in [2.24, 2.45) is 0 Å². The molecule has 0 spiro atoms. The molecule has 0 aromatic rings. The van der Waals surface area contributed by atoms with E-state index in [0.29, 0.717) is 0 Å². The predicted molar refractivity (Wildman–Crippen MR) is 35.3 cm³/mol. The third kappa shape index (κ3) is 3.08. The summed E-state index contributed by atoms with van der Waals surface area (Å²) in [5.74, 6) is -14.9. The fraction of sp³-hybridized carbons (Fsp3) is 0.333. The van der Waals surface area contributed by atoms with Crippen molar-refractivity contribution in [2.45, 2.75) is 12.3 Å². The molecule has 0 fully saturated rings. The minimum atomic E-state index is -5.55. The van der Waals surface area contributed by atoms with Gasteiger partial charge in [-0.1, -0.05) is 0 Å². The Kier molecular flexibility index (Phi) is 4.57. The van der Waals surface area contributed by atoms with Crippen molar-refractivity contribution in [3.05, 3.63) is 22.8 Å². The normalized spacial score (nSPS) is 16.4. The zero-order valence-electron chi connectivity index (χ0n) is 6.48. The lowest BCUT2D eigenvalue weighted by atomic mass is 10.2. The van der Waals surface area contributed by atoms with Crippen molar-refractivity contribution in [3.8, 4) is 0 Å². The zero-order valence-corrected chi connectivity index (χ0v) is 7.23. The molecule has 0 nitrogen and oxygen atoms in total. The molecule has 15 heavy (non-hydrogen) atoms. The Labute approximate surface area is 82.8 Å². The maximum Gasteiger partial charge on any atom is 0.361 e. The molecule has 0 N–H and O–H groups in total. The number of rotatable bonds is 3. The Morgan fingerprint density at radius 1 is 0.933 bits per heavy atom. The van der Waals surface area contributed by atoms with Gasteiger partial charge in [-0.05, 0) is 11.6 Å². The van der Waals surface area contributed by atoms with Gasteiger partial charge in [-0.15, -0.1) is 0 Å². The smallest absolute Gasteiger partial charge is 0.203 e. The molecule has 0 aliphatic heterocycles. The van der Waals surface area contributed by atoms with Crippen LogP contribution in [0.1, 0.15) is 0 Å². The topological polar surface area (TPSA) is 0 Å². The highest BCUT2D eigenvalue weighted by Gasteiger charge is 2.48. The molecule has 0 aliphatic carbocycles. The predicted octanol–water partition coefficient (Wildman–Crippen LogP) is 4.38. The van der Waals surface area contributed by atoms with Gasteiger partial charge in [-0.3, -0.25) is 0 Å². The second-order valence-corrected chi connectivity index (χ2v) is 2.46. The van der Waals surface area contributed by atoms with Crippen molar-refractivity contribution >= 4 is 11.6 Å². The highest BCUT2D eigenvalue weighted by atomic mass is 35.5. The van der Waals surface area contributed by atoms with Crippen molar-refractivity contribution < 1.29 is 35.1 Å². The average molecular weight is 261 g/mol. The van der Waals surface area contributed by atoms with Crippen LogP contribution in [0.25, 0.3) is 0 Å². The fourth-order valence-corrected chi connectivity index (χ4v) is 0.504. The summed E-state index contributed by atoms with van der Waals surface area (Å²) < 4.78 is 95.2. The Hall–Kier alpha value is -0.790. The number of halogens is 9. The van der Waals surface area contributed by atoms with Crippen molar-refractivity contribution in [1.29, 1.82) is 0 Å². The molecule has 0 saturated carbocycles. The molecule has 0 aromatic heterocycles. The quantitative estimate of drug-likeness (QED) is 0.522. The van der Waals surface area contributed by atoms with Crippen LogP contribution in [-0.4, -0.2) is 12.3 Å². The van der Waals surface area contributed by atoms with Crippen LogP contribution in [-0.2, 0) is 0 Å². The van der Waals surface area contributed by atoms with Crippen LogP contribution in [0.2, 0.25) is 0 Å². The van der Waals surface area contributed by atoms with Gasteiger partial charge in [0, 0.05) is 0 Å². The van der Waals surface area contributed by atoms with Crippen molar-refractivity contribution in [1.82, 2.24) is 0 Å². The van der Waals surface area contributed by atoms with Crippen molar-refractivity contribution in [2.75, 3.05) is 0 Å². The van der Waals surface area contributed by atoms with Crippen LogP contribution >= 0.6 is 11.6 Å². The summed E-state index contributed by atoms with van der Waals surface area (Å²) in [6.07, 6.45) is -4.60. The number of hydrogen-bond donors (Lipinski definition) is 0. The van der Waals surface area contributed by atoms with E-state index in [4.69, 9.17) is 0 Å². The molecule has 0 atom stereocenters. The minimum Gasteiger partial charge on any atom is -0.203 e. The average Bonchev–Trinajstić information content (AvgIpc) is 2.13. The zero-order chi connectivity index (χ0) is 12.4. The molecule has 9 heteroatoms. The van der Waals surface area contributed by atoms with E-state index in [0.717, 1.165) is 0 Å². The van der Waals surface area contributed by atoms with E-state index in [2.05, 4.69) is 11.6 Å². The Balaban J connectivity index is 5.39. The number of alkyl halides is 4. The van der Waals surface area contributed by atoms with Crippen LogP contribution in [0.3, 0.4) is 0 Å². The van der Waals surface area contributed by atoms with E-state index in [9.17, 15) is 35.1 Å². The van der Waals surface area contributed by atoms with Gasteiger partial charge in [-0.25, -0.2) is 17.6 Å². The maximum absolute atomic E-state index is 12.2. The summed E-state index contributed by atoms with van der Waals surface area (Å²) in [5, 5.41) is -2.47. The van der Waals surface area contributed by atoms with Gasteiger partial charge in [0.2, 0.25) is 22.8 Å². The standard InChI is InChI=1S/C6HClF8/c7-4(11)2(9)1(8)3(10)6(14,15)5(12)13/h5H. The summed E-state index contributed by atoms with van der Waals surface area (Å²) in [7, 11) is 0. The molecule has 0 heterocycles. The second kappa shape index (κ2) is 4.82. The summed E-state index contributed by atoms with van der Waals surface area (Å²) in [4.78, 5) is 0. The first-order valence-electron chi connectivity index (χ1n) is 3.05. The van der Waals surface area contributed by atoms with E-state index < -0.39 is 35.1 Å². The Morgan fingerprint density at radius 2 is 1.33 bits per heavy atom. The lowest BCUT2D eigenvalue weighted by molar-refractivity contribution is -0.114. The van der Waals surface area contributed by atoms with Gasteiger partial charge in [0.25, 0.3) is 0 Å². The van der Waals surface area contributed by atoms with Gasteiger partial charge in [0.15, 0.2) is 0 Å². The Morgan fingerprint density at radius 3 is 1.60 bits per heavy atom. The molecule has 0 radical (unpaired) electrons. The summed E-state index contributed by atoms with van der Waals surface area (Å²) in [6, 6.07) is 0. The number of hydrogen-bond acceptors (Lipinski definition) is 0. The molecule has 0 bridgehead atoms. The highest BCUT2D eigenvalue weighted by molar-refractivity contribution is 6.28. The van der Waals surface area contributed by atoms with Crippen LogP contribution < -0.4 is 0 Å². The van der Waals surface area contributed by atoms with Crippen LogP contribution in [0.4, 0.5) is 35.1 Å². The van der Waals surface area contributed by atoms with E-state index in [1.165, 1.54) is 0 Å². The molecule has 0 aromatic carbocycles. The molecule has 88 valence electrons. The summed E-state index contributed by atoms with van der Waals surface area (Å²) >= 11 is 4.16. The monoisotopic (exact) mass is 260 g/mol. The van der Waals surface area contributed by atoms with Crippen LogP contribution in [0.5, 0.6) is 0 Å². The first-order chi connectivity index (χ1) is 6.62. The minimum absolute atomic E-state index is 2.47. The SMILES string of the molecule is FC(Cl)=C(F)C(F)=C(F)C(F)(F)C(F)F. The highest BCUT2D eigenvalue weighted by Crippen LogP contribution is 2.37. The molecular formula is C6HClF8. The van der Waals surface area contributed by atoms with E-state index in [1.807, 2.05) is 0 Å². The third-order valence-electron chi connectivity index (χ3n) is 1.12. The van der Waals surface area contributed by atoms with Gasteiger partial charge in [0.1, 0.15) is 0 Å². The van der Waals surface area contributed by atoms with Crippen LogP contribution in [0.15, 0.2) is 22.8 Å².